The molecule has 0 aliphatic carbocycles. The molecule has 0 aromatic carbocycles. The number of halogens is 1. The summed E-state index contributed by atoms with van der Waals surface area (Å²) in [6, 6.07) is 0.592. The van der Waals surface area contributed by atoms with Crippen LogP contribution in [0.15, 0.2) is 6.33 Å². The van der Waals surface area contributed by atoms with Gasteiger partial charge in [-0.15, -0.1) is 0 Å². The fourth-order valence-corrected chi connectivity index (χ4v) is 1.62. The minimum absolute atomic E-state index is 0.314. The van der Waals surface area contributed by atoms with Crippen LogP contribution in [0, 0.1) is 0 Å². The molecular weight excluding hydrogens is 250 g/mol. The molecule has 1 aromatic rings. The van der Waals surface area contributed by atoms with Crippen LogP contribution < -0.4 is 11.1 Å². The maximum Gasteiger partial charge on any atom is 0.150 e. The molecule has 0 bridgehead atoms. The summed E-state index contributed by atoms with van der Waals surface area (Å²) in [6.45, 7) is 6.32. The molecule has 5 nitrogen and oxygen atoms in total. The molecule has 0 spiro atoms. The lowest BCUT2D eigenvalue weighted by Gasteiger charge is -2.20. The van der Waals surface area contributed by atoms with E-state index in [2.05, 4.69) is 41.1 Å². The minimum atomic E-state index is 0.314. The van der Waals surface area contributed by atoms with Crippen LogP contribution in [0.2, 0.25) is 5.02 Å². The van der Waals surface area contributed by atoms with Crippen molar-refractivity contribution < 1.29 is 0 Å². The Morgan fingerprint density at radius 2 is 2.11 bits per heavy atom. The van der Waals surface area contributed by atoms with Gasteiger partial charge in [0.1, 0.15) is 23.0 Å². The maximum absolute atomic E-state index is 5.98. The fourth-order valence-electron chi connectivity index (χ4n) is 1.46. The predicted octanol–water partition coefficient (Wildman–Crippen LogP) is 2.24. The first-order valence-corrected chi connectivity index (χ1v) is 6.60. The van der Waals surface area contributed by atoms with E-state index in [1.165, 1.54) is 6.33 Å². The van der Waals surface area contributed by atoms with Crippen LogP contribution >= 0.6 is 11.6 Å². The van der Waals surface area contributed by atoms with Gasteiger partial charge >= 0.3 is 0 Å². The molecule has 102 valence electrons. The van der Waals surface area contributed by atoms with Gasteiger partial charge in [0.05, 0.1) is 0 Å². The van der Waals surface area contributed by atoms with Crippen molar-refractivity contribution in [2.24, 2.45) is 0 Å². The number of unbranched alkanes of at least 4 members (excludes halogenated alkanes) is 1. The topological polar surface area (TPSA) is 67.1 Å². The van der Waals surface area contributed by atoms with E-state index in [0.29, 0.717) is 22.7 Å². The molecule has 0 unspecified atom stereocenters. The van der Waals surface area contributed by atoms with E-state index in [4.69, 9.17) is 17.3 Å². The SMILES string of the molecule is CC(C)N(C)CCCCNc1ncnc(N)c1Cl. The molecular formula is C12H22ClN5. The van der Waals surface area contributed by atoms with E-state index in [1.54, 1.807) is 0 Å². The van der Waals surface area contributed by atoms with Gasteiger partial charge in [-0.2, -0.15) is 0 Å². The first-order valence-electron chi connectivity index (χ1n) is 6.22. The number of nitrogen functional groups attached to an aromatic ring is 1. The van der Waals surface area contributed by atoms with Crippen LogP contribution in [-0.4, -0.2) is 41.0 Å². The third-order valence-corrected chi connectivity index (χ3v) is 3.30. The Bertz CT molecular complexity index is 369. The second-order valence-corrected chi connectivity index (χ2v) is 5.01. The highest BCUT2D eigenvalue weighted by Gasteiger charge is 2.05. The van der Waals surface area contributed by atoms with Crippen molar-refractivity contribution in [3.05, 3.63) is 11.3 Å². The second-order valence-electron chi connectivity index (χ2n) is 4.63. The Morgan fingerprint density at radius 3 is 2.78 bits per heavy atom. The lowest BCUT2D eigenvalue weighted by molar-refractivity contribution is 0.269. The number of nitrogens with one attached hydrogen (secondary N) is 1. The number of rotatable bonds is 7. The van der Waals surface area contributed by atoms with E-state index >= 15 is 0 Å². The summed E-state index contributed by atoms with van der Waals surface area (Å²) in [5.41, 5.74) is 5.59. The maximum atomic E-state index is 5.98. The average molecular weight is 272 g/mol. The zero-order chi connectivity index (χ0) is 13.5. The van der Waals surface area contributed by atoms with Crippen molar-refractivity contribution in [1.82, 2.24) is 14.9 Å². The van der Waals surface area contributed by atoms with Crippen LogP contribution in [0.4, 0.5) is 11.6 Å². The molecule has 1 rings (SSSR count). The highest BCUT2D eigenvalue weighted by Crippen LogP contribution is 2.22. The molecule has 1 aromatic heterocycles. The third-order valence-electron chi connectivity index (χ3n) is 2.93. The van der Waals surface area contributed by atoms with Gasteiger partial charge in [-0.1, -0.05) is 11.6 Å². The first kappa shape index (κ1) is 15.0. The zero-order valence-electron chi connectivity index (χ0n) is 11.3. The van der Waals surface area contributed by atoms with Crippen molar-refractivity contribution in [3.8, 4) is 0 Å². The van der Waals surface area contributed by atoms with E-state index in [-0.39, 0.29) is 0 Å². The Labute approximate surface area is 114 Å². The summed E-state index contributed by atoms with van der Waals surface area (Å²) in [4.78, 5) is 10.2. The highest BCUT2D eigenvalue weighted by molar-refractivity contribution is 6.35. The number of nitrogens with two attached hydrogens (primary N) is 1. The summed E-state index contributed by atoms with van der Waals surface area (Å²) in [5, 5.41) is 3.57. The molecule has 18 heavy (non-hydrogen) atoms. The van der Waals surface area contributed by atoms with Gasteiger partial charge in [-0.3, -0.25) is 0 Å². The fraction of sp³-hybridized carbons (Fsp3) is 0.667. The molecule has 6 heteroatoms. The lowest BCUT2D eigenvalue weighted by Crippen LogP contribution is -2.27. The molecule has 0 amide bonds. The lowest BCUT2D eigenvalue weighted by atomic mass is 10.2. The summed E-state index contributed by atoms with van der Waals surface area (Å²) >= 11 is 5.98. The van der Waals surface area contributed by atoms with E-state index in [9.17, 15) is 0 Å². The zero-order valence-corrected chi connectivity index (χ0v) is 12.0. The summed E-state index contributed by atoms with van der Waals surface area (Å²) in [5.74, 6) is 0.926. The van der Waals surface area contributed by atoms with E-state index in [0.717, 1.165) is 25.9 Å². The van der Waals surface area contributed by atoms with Gasteiger partial charge in [0.25, 0.3) is 0 Å². The van der Waals surface area contributed by atoms with Crippen molar-refractivity contribution >= 4 is 23.2 Å². The van der Waals surface area contributed by atoms with E-state index < -0.39 is 0 Å². The second kappa shape index (κ2) is 7.38. The smallest absolute Gasteiger partial charge is 0.150 e. The van der Waals surface area contributed by atoms with Gasteiger partial charge in [0.15, 0.2) is 0 Å². The average Bonchev–Trinajstić information content (AvgIpc) is 2.33. The summed E-state index contributed by atoms with van der Waals surface area (Å²) in [7, 11) is 2.14. The highest BCUT2D eigenvalue weighted by atomic mass is 35.5. The van der Waals surface area contributed by atoms with Crippen molar-refractivity contribution in [2.45, 2.75) is 32.7 Å². The Morgan fingerprint density at radius 1 is 1.39 bits per heavy atom. The molecule has 0 radical (unpaired) electrons. The Kier molecular flexibility index (Phi) is 6.15. The molecule has 3 N–H and O–H groups in total. The largest absolute Gasteiger partial charge is 0.382 e. The van der Waals surface area contributed by atoms with Crippen molar-refractivity contribution in [2.75, 3.05) is 31.2 Å². The Balaban J connectivity index is 2.24. The van der Waals surface area contributed by atoms with Gasteiger partial charge in [-0.05, 0) is 40.3 Å². The molecule has 0 atom stereocenters. The summed E-state index contributed by atoms with van der Waals surface area (Å²) < 4.78 is 0. The molecule has 0 saturated heterocycles. The standard InChI is InChI=1S/C12H22ClN5/c1-9(2)18(3)7-5-4-6-15-12-10(13)11(14)16-8-17-12/h8-9H,4-7H2,1-3H3,(H3,14,15,16,17). The number of aromatic nitrogens is 2. The molecule has 0 fully saturated rings. The molecule has 0 aliphatic heterocycles. The van der Waals surface area contributed by atoms with Crippen LogP contribution in [0.3, 0.4) is 0 Å². The monoisotopic (exact) mass is 271 g/mol. The Hall–Kier alpha value is -1.07. The van der Waals surface area contributed by atoms with Crippen molar-refractivity contribution in [3.63, 3.8) is 0 Å². The van der Waals surface area contributed by atoms with Gasteiger partial charge in [0.2, 0.25) is 0 Å². The number of hydrogen-bond acceptors (Lipinski definition) is 5. The number of nitrogens with zero attached hydrogens (tertiary/aromatic N) is 3. The predicted molar refractivity (Wildman–Crippen MR) is 76.9 cm³/mol. The molecule has 0 saturated carbocycles. The van der Waals surface area contributed by atoms with Crippen LogP contribution in [0.5, 0.6) is 0 Å². The number of anilines is 2. The van der Waals surface area contributed by atoms with Crippen LogP contribution in [0.25, 0.3) is 0 Å². The minimum Gasteiger partial charge on any atom is -0.382 e. The first-order chi connectivity index (χ1) is 8.52. The van der Waals surface area contributed by atoms with Crippen molar-refractivity contribution in [1.29, 1.82) is 0 Å². The quantitative estimate of drug-likeness (QED) is 0.745. The third kappa shape index (κ3) is 4.66. The van der Waals surface area contributed by atoms with Gasteiger partial charge in [-0.25, -0.2) is 9.97 Å². The molecule has 0 aliphatic rings. The number of hydrogen-bond donors (Lipinski definition) is 2. The van der Waals surface area contributed by atoms with Crippen LogP contribution in [-0.2, 0) is 0 Å². The van der Waals surface area contributed by atoms with Gasteiger partial charge in [0, 0.05) is 12.6 Å². The van der Waals surface area contributed by atoms with Crippen LogP contribution in [0.1, 0.15) is 26.7 Å². The van der Waals surface area contributed by atoms with E-state index in [1.807, 2.05) is 0 Å². The summed E-state index contributed by atoms with van der Waals surface area (Å²) in [6.07, 6.45) is 3.62. The molecule has 1 heterocycles. The van der Waals surface area contributed by atoms with Gasteiger partial charge < -0.3 is 16.0 Å². The normalized spacial score (nSPS) is 11.2.